The van der Waals surface area contributed by atoms with Crippen molar-refractivity contribution in [3.05, 3.63) is 0 Å². The Bertz CT molecular complexity index is 386. The molecule has 2 rings (SSSR count). The van der Waals surface area contributed by atoms with Crippen LogP contribution in [-0.4, -0.2) is 56.7 Å². The molecule has 0 aromatic heterocycles. The molecule has 2 aliphatic rings. The van der Waals surface area contributed by atoms with Crippen molar-refractivity contribution < 1.29 is 14.7 Å². The zero-order chi connectivity index (χ0) is 15.4. The Balaban J connectivity index is 1.94. The minimum Gasteiger partial charge on any atom is -0.480 e. The number of aliphatic carboxylic acids is 1. The van der Waals surface area contributed by atoms with Gasteiger partial charge in [-0.05, 0) is 24.5 Å². The Hall–Kier alpha value is -0.560. The van der Waals surface area contributed by atoms with Gasteiger partial charge < -0.3 is 10.4 Å². The molecule has 2 heterocycles. The first-order valence-corrected chi connectivity index (χ1v) is 9.62. The molecule has 3 unspecified atom stereocenters. The largest absolute Gasteiger partial charge is 0.480 e. The van der Waals surface area contributed by atoms with Crippen LogP contribution in [0.2, 0.25) is 0 Å². The van der Waals surface area contributed by atoms with E-state index in [1.807, 2.05) is 25.6 Å². The molecule has 0 aliphatic carbocycles. The third kappa shape index (κ3) is 4.22. The zero-order valence-corrected chi connectivity index (χ0v) is 14.2. The topological polar surface area (TPSA) is 69.6 Å². The molecule has 3 atom stereocenters. The van der Waals surface area contributed by atoms with Gasteiger partial charge in [0.1, 0.15) is 6.04 Å². The van der Waals surface area contributed by atoms with E-state index in [0.717, 1.165) is 12.2 Å². The summed E-state index contributed by atoms with van der Waals surface area (Å²) in [5.41, 5.74) is 0. The molecule has 2 saturated heterocycles. The maximum atomic E-state index is 12.4. The summed E-state index contributed by atoms with van der Waals surface area (Å²) in [6.45, 7) is 4.69. The van der Waals surface area contributed by atoms with Crippen LogP contribution in [0, 0.1) is 5.92 Å². The number of nitrogens with zero attached hydrogens (tertiary/aromatic N) is 1. The summed E-state index contributed by atoms with van der Waals surface area (Å²) in [4.78, 5) is 25.3. The maximum absolute atomic E-state index is 12.4. The summed E-state index contributed by atoms with van der Waals surface area (Å²) in [5, 5.41) is 12.7. The van der Waals surface area contributed by atoms with E-state index in [0.29, 0.717) is 17.5 Å². The lowest BCUT2D eigenvalue weighted by Gasteiger charge is -2.31. The Labute approximate surface area is 134 Å². The lowest BCUT2D eigenvalue weighted by atomic mass is 10.1. The first-order valence-electron chi connectivity index (χ1n) is 7.53. The highest BCUT2D eigenvalue weighted by atomic mass is 32.2. The SMILES string of the molecule is CC(C)C1SCC(C(=O)O)N1C(=O)NCC1CCCCS1. The molecule has 2 fully saturated rings. The lowest BCUT2D eigenvalue weighted by Crippen LogP contribution is -2.52. The zero-order valence-electron chi connectivity index (χ0n) is 12.6. The van der Waals surface area contributed by atoms with E-state index in [-0.39, 0.29) is 17.3 Å². The standard InChI is InChI=1S/C14H24N2O3S2/c1-9(2)12-16(11(8-21-12)13(17)18)14(19)15-7-10-5-3-4-6-20-10/h9-12H,3-8H2,1-2H3,(H,15,19)(H,17,18). The number of hydrogen-bond acceptors (Lipinski definition) is 4. The molecule has 21 heavy (non-hydrogen) atoms. The number of carboxylic acids is 1. The van der Waals surface area contributed by atoms with E-state index in [2.05, 4.69) is 5.32 Å². The van der Waals surface area contributed by atoms with E-state index in [1.54, 1.807) is 11.8 Å². The summed E-state index contributed by atoms with van der Waals surface area (Å²) < 4.78 is 0. The number of rotatable bonds is 4. The summed E-state index contributed by atoms with van der Waals surface area (Å²) >= 11 is 3.47. The van der Waals surface area contributed by atoms with Gasteiger partial charge in [-0.1, -0.05) is 20.3 Å². The van der Waals surface area contributed by atoms with Crippen LogP contribution in [-0.2, 0) is 4.79 Å². The van der Waals surface area contributed by atoms with E-state index in [9.17, 15) is 14.7 Å². The average Bonchev–Trinajstić information content (AvgIpc) is 2.91. The molecular weight excluding hydrogens is 308 g/mol. The van der Waals surface area contributed by atoms with E-state index < -0.39 is 12.0 Å². The number of carboxylic acid groups (broad SMARTS) is 1. The van der Waals surface area contributed by atoms with Gasteiger partial charge in [-0.15, -0.1) is 11.8 Å². The third-order valence-corrected chi connectivity index (χ3v) is 6.90. The molecule has 2 N–H and O–H groups in total. The molecule has 120 valence electrons. The van der Waals surface area contributed by atoms with Crippen molar-refractivity contribution in [1.29, 1.82) is 0 Å². The van der Waals surface area contributed by atoms with Gasteiger partial charge in [0.25, 0.3) is 0 Å². The fourth-order valence-corrected chi connectivity index (χ4v) is 5.46. The number of carbonyl (C=O) groups excluding carboxylic acids is 1. The van der Waals surface area contributed by atoms with Crippen molar-refractivity contribution in [3.63, 3.8) is 0 Å². The van der Waals surface area contributed by atoms with Crippen molar-refractivity contribution in [1.82, 2.24) is 10.2 Å². The number of nitrogens with one attached hydrogen (secondary N) is 1. The summed E-state index contributed by atoms with van der Waals surface area (Å²) in [5.74, 6) is 0.970. The molecule has 0 spiro atoms. The highest BCUT2D eigenvalue weighted by molar-refractivity contribution is 8.00. The Morgan fingerprint density at radius 2 is 2.10 bits per heavy atom. The quantitative estimate of drug-likeness (QED) is 0.827. The van der Waals surface area contributed by atoms with Crippen molar-refractivity contribution in [3.8, 4) is 0 Å². The predicted octanol–water partition coefficient (Wildman–Crippen LogP) is 2.47. The van der Waals surface area contributed by atoms with Crippen molar-refractivity contribution in [2.75, 3.05) is 18.1 Å². The van der Waals surface area contributed by atoms with Crippen molar-refractivity contribution in [2.45, 2.75) is 49.8 Å². The van der Waals surface area contributed by atoms with Crippen LogP contribution < -0.4 is 5.32 Å². The second kappa shape index (κ2) is 7.63. The van der Waals surface area contributed by atoms with Gasteiger partial charge in [0, 0.05) is 17.5 Å². The Morgan fingerprint density at radius 3 is 2.67 bits per heavy atom. The van der Waals surface area contributed by atoms with Crippen LogP contribution in [0.25, 0.3) is 0 Å². The van der Waals surface area contributed by atoms with Crippen LogP contribution >= 0.6 is 23.5 Å². The normalized spacial score (nSPS) is 29.7. The minimum atomic E-state index is -0.909. The van der Waals surface area contributed by atoms with Crippen LogP contribution in [0.4, 0.5) is 4.79 Å². The van der Waals surface area contributed by atoms with Crippen molar-refractivity contribution in [2.24, 2.45) is 5.92 Å². The average molecular weight is 332 g/mol. The van der Waals surface area contributed by atoms with Crippen LogP contribution in [0.1, 0.15) is 33.1 Å². The van der Waals surface area contributed by atoms with Gasteiger partial charge in [0.2, 0.25) is 0 Å². The van der Waals surface area contributed by atoms with Gasteiger partial charge in [-0.25, -0.2) is 9.59 Å². The molecule has 2 amide bonds. The third-order valence-electron chi connectivity index (χ3n) is 3.88. The molecule has 2 aliphatic heterocycles. The smallest absolute Gasteiger partial charge is 0.327 e. The first kappa shape index (κ1) is 16.8. The molecular formula is C14H24N2O3S2. The van der Waals surface area contributed by atoms with Gasteiger partial charge in [-0.3, -0.25) is 4.90 Å². The van der Waals surface area contributed by atoms with Gasteiger partial charge in [0.05, 0.1) is 5.37 Å². The van der Waals surface area contributed by atoms with Gasteiger partial charge in [0.15, 0.2) is 0 Å². The van der Waals surface area contributed by atoms with Crippen LogP contribution in [0.3, 0.4) is 0 Å². The number of thioether (sulfide) groups is 2. The number of amides is 2. The summed E-state index contributed by atoms with van der Waals surface area (Å²) in [7, 11) is 0. The Kier molecular flexibility index (Phi) is 6.10. The summed E-state index contributed by atoms with van der Waals surface area (Å²) in [6.07, 6.45) is 3.61. The van der Waals surface area contributed by atoms with E-state index in [1.165, 1.54) is 17.7 Å². The molecule has 5 nitrogen and oxygen atoms in total. The molecule has 0 radical (unpaired) electrons. The molecule has 0 saturated carbocycles. The number of hydrogen-bond donors (Lipinski definition) is 2. The number of urea groups is 1. The molecule has 7 heteroatoms. The van der Waals surface area contributed by atoms with Crippen molar-refractivity contribution >= 4 is 35.5 Å². The monoisotopic (exact) mass is 332 g/mol. The number of carbonyl (C=O) groups is 2. The molecule has 0 bridgehead atoms. The predicted molar refractivity (Wildman–Crippen MR) is 87.8 cm³/mol. The fraction of sp³-hybridized carbons (Fsp3) is 0.857. The van der Waals surface area contributed by atoms with Crippen LogP contribution in [0.15, 0.2) is 0 Å². The molecule has 0 aromatic carbocycles. The summed E-state index contributed by atoms with van der Waals surface area (Å²) in [6, 6.07) is -0.932. The second-order valence-electron chi connectivity index (χ2n) is 5.90. The fourth-order valence-electron chi connectivity index (χ4n) is 2.75. The van der Waals surface area contributed by atoms with Crippen LogP contribution in [0.5, 0.6) is 0 Å². The van der Waals surface area contributed by atoms with Gasteiger partial charge >= 0.3 is 12.0 Å². The highest BCUT2D eigenvalue weighted by Crippen LogP contribution is 2.34. The maximum Gasteiger partial charge on any atom is 0.327 e. The lowest BCUT2D eigenvalue weighted by molar-refractivity contribution is -0.141. The minimum absolute atomic E-state index is 0.0508. The van der Waals surface area contributed by atoms with Gasteiger partial charge in [-0.2, -0.15) is 11.8 Å². The second-order valence-corrected chi connectivity index (χ2v) is 8.46. The molecule has 0 aromatic rings. The Morgan fingerprint density at radius 1 is 1.33 bits per heavy atom. The van der Waals surface area contributed by atoms with E-state index in [4.69, 9.17) is 0 Å². The van der Waals surface area contributed by atoms with E-state index >= 15 is 0 Å². The highest BCUT2D eigenvalue weighted by Gasteiger charge is 2.42. The first-order chi connectivity index (χ1) is 10.0.